The van der Waals surface area contributed by atoms with E-state index in [0.717, 1.165) is 17.9 Å². The molecule has 1 fully saturated rings. The number of benzene rings is 2. The Hall–Kier alpha value is -2.37. The Morgan fingerprint density at radius 2 is 1.69 bits per heavy atom. The van der Waals surface area contributed by atoms with Gasteiger partial charge in [-0.05, 0) is 36.1 Å². The number of aliphatic carboxylic acids is 1. The van der Waals surface area contributed by atoms with E-state index in [2.05, 4.69) is 17.0 Å². The highest BCUT2D eigenvalue weighted by Crippen LogP contribution is 2.27. The van der Waals surface area contributed by atoms with Crippen LogP contribution in [-0.2, 0) is 22.7 Å². The second-order valence-electron chi connectivity index (χ2n) is 6.70. The van der Waals surface area contributed by atoms with Crippen molar-refractivity contribution in [3.8, 4) is 5.75 Å². The van der Waals surface area contributed by atoms with Crippen molar-refractivity contribution >= 4 is 5.97 Å². The van der Waals surface area contributed by atoms with Crippen molar-refractivity contribution in [3.63, 3.8) is 0 Å². The van der Waals surface area contributed by atoms with Crippen molar-refractivity contribution in [1.29, 1.82) is 0 Å². The molecule has 0 aliphatic carbocycles. The average molecular weight is 355 g/mol. The lowest BCUT2D eigenvalue weighted by Gasteiger charge is -2.37. The molecule has 0 bridgehead atoms. The largest absolute Gasteiger partial charge is 0.489 e. The van der Waals surface area contributed by atoms with Crippen molar-refractivity contribution in [2.75, 3.05) is 20.2 Å². The molecule has 0 radical (unpaired) electrons. The van der Waals surface area contributed by atoms with Gasteiger partial charge in [0.15, 0.2) is 5.60 Å². The molecule has 1 aliphatic heterocycles. The van der Waals surface area contributed by atoms with Gasteiger partial charge < -0.3 is 14.6 Å². The van der Waals surface area contributed by atoms with E-state index in [0.29, 0.717) is 32.5 Å². The summed E-state index contributed by atoms with van der Waals surface area (Å²) in [5, 5.41) is 9.37. The lowest BCUT2D eigenvalue weighted by Crippen LogP contribution is -2.50. The number of hydrogen-bond acceptors (Lipinski definition) is 4. The first-order valence-corrected chi connectivity index (χ1v) is 8.88. The first kappa shape index (κ1) is 18.4. The summed E-state index contributed by atoms with van der Waals surface area (Å²) in [7, 11) is 1.48. The normalized spacial score (nSPS) is 17.0. The van der Waals surface area contributed by atoms with Gasteiger partial charge in [-0.2, -0.15) is 0 Å². The number of nitrogens with zero attached hydrogens (tertiary/aromatic N) is 1. The molecule has 2 aromatic carbocycles. The fraction of sp³-hybridized carbons (Fsp3) is 0.381. The van der Waals surface area contributed by atoms with Crippen LogP contribution in [0.2, 0.25) is 0 Å². The number of carbonyl (C=O) groups is 1. The van der Waals surface area contributed by atoms with Gasteiger partial charge in [-0.1, -0.05) is 42.5 Å². The van der Waals surface area contributed by atoms with Gasteiger partial charge in [0, 0.05) is 26.7 Å². The van der Waals surface area contributed by atoms with Gasteiger partial charge in [0.2, 0.25) is 0 Å². The zero-order valence-corrected chi connectivity index (χ0v) is 15.1. The highest BCUT2D eigenvalue weighted by atomic mass is 16.5. The van der Waals surface area contributed by atoms with Crippen LogP contribution in [0, 0.1) is 0 Å². The molecule has 0 aromatic heterocycles. The van der Waals surface area contributed by atoms with Crippen molar-refractivity contribution in [3.05, 3.63) is 65.7 Å². The maximum atomic E-state index is 11.4. The van der Waals surface area contributed by atoms with E-state index in [1.807, 2.05) is 42.5 Å². The number of ether oxygens (including phenoxy) is 2. The Bertz CT molecular complexity index is 707. The zero-order valence-electron chi connectivity index (χ0n) is 15.1. The topological polar surface area (TPSA) is 59.0 Å². The van der Waals surface area contributed by atoms with Crippen molar-refractivity contribution < 1.29 is 19.4 Å². The summed E-state index contributed by atoms with van der Waals surface area (Å²) in [6.07, 6.45) is 1.02. The molecule has 138 valence electrons. The summed E-state index contributed by atoms with van der Waals surface area (Å²) in [6, 6.07) is 18.2. The summed E-state index contributed by atoms with van der Waals surface area (Å²) in [5.74, 6) is -0.0138. The molecule has 0 amide bonds. The maximum Gasteiger partial charge on any atom is 0.336 e. The monoisotopic (exact) mass is 355 g/mol. The maximum absolute atomic E-state index is 11.4. The Balaban J connectivity index is 1.50. The van der Waals surface area contributed by atoms with E-state index >= 15 is 0 Å². The molecule has 1 heterocycles. The van der Waals surface area contributed by atoms with Gasteiger partial charge in [0.25, 0.3) is 0 Å². The van der Waals surface area contributed by atoms with Gasteiger partial charge in [-0.25, -0.2) is 4.79 Å². The summed E-state index contributed by atoms with van der Waals surface area (Å²) >= 11 is 0. The van der Waals surface area contributed by atoms with E-state index in [1.165, 1.54) is 12.7 Å². The molecule has 0 saturated carbocycles. The van der Waals surface area contributed by atoms with Crippen molar-refractivity contribution in [2.24, 2.45) is 0 Å². The molecule has 0 spiro atoms. The molecular formula is C21H25NO4. The second kappa shape index (κ2) is 8.34. The van der Waals surface area contributed by atoms with Crippen LogP contribution in [0.5, 0.6) is 5.75 Å². The Labute approximate surface area is 154 Å². The number of rotatable bonds is 7. The quantitative estimate of drug-likeness (QED) is 0.825. The molecule has 1 N–H and O–H groups in total. The van der Waals surface area contributed by atoms with Crippen LogP contribution < -0.4 is 4.74 Å². The fourth-order valence-corrected chi connectivity index (χ4v) is 3.27. The number of methoxy groups -OCH3 is 1. The van der Waals surface area contributed by atoms with Crippen LogP contribution in [0.3, 0.4) is 0 Å². The molecule has 1 aliphatic rings. The third-order valence-corrected chi connectivity index (χ3v) is 5.02. The molecule has 0 unspecified atom stereocenters. The smallest absolute Gasteiger partial charge is 0.336 e. The van der Waals surface area contributed by atoms with Gasteiger partial charge in [-0.15, -0.1) is 0 Å². The summed E-state index contributed by atoms with van der Waals surface area (Å²) in [5.41, 5.74) is 1.31. The van der Waals surface area contributed by atoms with Crippen molar-refractivity contribution in [2.45, 2.75) is 31.6 Å². The summed E-state index contributed by atoms with van der Waals surface area (Å²) < 4.78 is 11.1. The molecule has 2 aromatic rings. The predicted octanol–water partition coefficient (Wildman–Crippen LogP) is 3.33. The minimum Gasteiger partial charge on any atom is -0.489 e. The van der Waals surface area contributed by atoms with Crippen LogP contribution in [0.4, 0.5) is 0 Å². The highest BCUT2D eigenvalue weighted by molar-refractivity contribution is 5.77. The van der Waals surface area contributed by atoms with E-state index in [1.54, 1.807) is 0 Å². The standard InChI is InChI=1S/C21H25NO4/c1-25-21(20(23)24)11-13-22(14-12-21)15-17-7-9-19(10-8-17)26-16-18-5-3-2-4-6-18/h2-10H,11-16H2,1H3,(H,23,24). The van der Waals surface area contributed by atoms with Gasteiger partial charge >= 0.3 is 5.97 Å². The Kier molecular flexibility index (Phi) is 5.91. The van der Waals surface area contributed by atoms with E-state index in [9.17, 15) is 9.90 Å². The third-order valence-electron chi connectivity index (χ3n) is 5.02. The van der Waals surface area contributed by atoms with Crippen LogP contribution in [0.15, 0.2) is 54.6 Å². The average Bonchev–Trinajstić information content (AvgIpc) is 2.69. The van der Waals surface area contributed by atoms with Gasteiger partial charge in [0.05, 0.1) is 0 Å². The molecular weight excluding hydrogens is 330 g/mol. The molecule has 3 rings (SSSR count). The fourth-order valence-electron chi connectivity index (χ4n) is 3.27. The van der Waals surface area contributed by atoms with Crippen LogP contribution >= 0.6 is 0 Å². The minimum absolute atomic E-state index is 0.511. The summed E-state index contributed by atoms with van der Waals surface area (Å²) in [4.78, 5) is 13.7. The minimum atomic E-state index is -1.02. The van der Waals surface area contributed by atoms with Crippen LogP contribution in [0.25, 0.3) is 0 Å². The molecule has 5 nitrogen and oxygen atoms in total. The molecule has 26 heavy (non-hydrogen) atoms. The first-order chi connectivity index (χ1) is 12.6. The number of hydrogen-bond donors (Lipinski definition) is 1. The van der Waals surface area contributed by atoms with Crippen LogP contribution in [0.1, 0.15) is 24.0 Å². The predicted molar refractivity (Wildman–Crippen MR) is 99.1 cm³/mol. The first-order valence-electron chi connectivity index (χ1n) is 8.88. The summed E-state index contributed by atoms with van der Waals surface area (Å²) in [6.45, 7) is 2.79. The van der Waals surface area contributed by atoms with E-state index in [4.69, 9.17) is 9.47 Å². The highest BCUT2D eigenvalue weighted by Gasteiger charge is 2.41. The zero-order chi connectivity index (χ0) is 18.4. The Morgan fingerprint density at radius 1 is 1.04 bits per heavy atom. The number of likely N-dealkylation sites (tertiary alicyclic amines) is 1. The Morgan fingerprint density at radius 3 is 2.27 bits per heavy atom. The number of carboxylic acid groups (broad SMARTS) is 1. The molecule has 5 heteroatoms. The van der Waals surface area contributed by atoms with Gasteiger partial charge in [0.1, 0.15) is 12.4 Å². The van der Waals surface area contributed by atoms with Crippen LogP contribution in [-0.4, -0.2) is 41.8 Å². The van der Waals surface area contributed by atoms with E-state index in [-0.39, 0.29) is 0 Å². The second-order valence-corrected chi connectivity index (χ2v) is 6.70. The third kappa shape index (κ3) is 4.42. The van der Waals surface area contributed by atoms with Crippen molar-refractivity contribution in [1.82, 2.24) is 4.90 Å². The lowest BCUT2D eigenvalue weighted by molar-refractivity contribution is -0.168. The van der Waals surface area contributed by atoms with Gasteiger partial charge in [-0.3, -0.25) is 4.90 Å². The molecule has 0 atom stereocenters. The number of carboxylic acids is 1. The van der Waals surface area contributed by atoms with E-state index < -0.39 is 11.6 Å². The molecule has 1 saturated heterocycles. The lowest BCUT2D eigenvalue weighted by atomic mass is 9.91. The SMILES string of the molecule is COC1(C(=O)O)CCN(Cc2ccc(OCc3ccccc3)cc2)CC1. The number of piperidine rings is 1.